The number of carbonyl (C=O) groups is 1. The van der Waals surface area contributed by atoms with E-state index in [-0.39, 0.29) is 5.41 Å². The molecule has 2 heteroatoms. The Morgan fingerprint density at radius 2 is 1.92 bits per heavy atom. The molecule has 0 heterocycles. The van der Waals surface area contributed by atoms with E-state index in [2.05, 4.69) is 39.8 Å². The van der Waals surface area contributed by atoms with Crippen molar-refractivity contribution in [2.45, 2.75) is 66.7 Å². The summed E-state index contributed by atoms with van der Waals surface area (Å²) >= 11 is 0. The highest BCUT2D eigenvalue weighted by molar-refractivity contribution is 5.81. The molecule has 2 rings (SSSR count). The molecule has 0 aliphatic heterocycles. The maximum atomic E-state index is 10.7. The van der Waals surface area contributed by atoms with Crippen molar-refractivity contribution in [1.29, 1.82) is 0 Å². The molecule has 0 fully saturated rings. The highest BCUT2D eigenvalue weighted by Gasteiger charge is 2.27. The smallest absolute Gasteiger partial charge is 0.328 e. The van der Waals surface area contributed by atoms with E-state index in [0.29, 0.717) is 0 Å². The summed E-state index contributed by atoms with van der Waals surface area (Å²) in [6, 6.07) is 0. The van der Waals surface area contributed by atoms with Gasteiger partial charge in [0.15, 0.2) is 0 Å². The van der Waals surface area contributed by atoms with Crippen LogP contribution in [0, 0.1) is 5.41 Å². The first kappa shape index (κ1) is 18.5. The van der Waals surface area contributed by atoms with Crippen LogP contribution in [-0.4, -0.2) is 11.1 Å². The number of allylic oxidation sites excluding steroid dienone is 9. The minimum Gasteiger partial charge on any atom is -0.478 e. The van der Waals surface area contributed by atoms with Crippen LogP contribution in [-0.2, 0) is 4.79 Å². The maximum absolute atomic E-state index is 10.7. The quantitative estimate of drug-likeness (QED) is 0.633. The number of hydrogen-bond donors (Lipinski definition) is 1. The second-order valence-electron chi connectivity index (χ2n) is 7.87. The van der Waals surface area contributed by atoms with Crippen molar-refractivity contribution in [2.75, 3.05) is 0 Å². The molecule has 0 aromatic rings. The molecule has 0 spiro atoms. The Labute approximate surface area is 146 Å². The summed E-state index contributed by atoms with van der Waals surface area (Å²) in [7, 11) is 0. The molecule has 24 heavy (non-hydrogen) atoms. The van der Waals surface area contributed by atoms with Crippen molar-refractivity contribution in [1.82, 2.24) is 0 Å². The molecule has 0 aromatic carbocycles. The van der Waals surface area contributed by atoms with Gasteiger partial charge in [0.1, 0.15) is 0 Å². The standard InChI is InChI=1S/C22H30O2/c1-15(12-21(23)24)11-18-8-9-19(17(3)13-18)14-20-16(2)7-6-10-22(20,4)5/h11-14H,6-10H2,1-5H3,(H,23,24). The molecular formula is C22H30O2. The first-order chi connectivity index (χ1) is 11.2. The van der Waals surface area contributed by atoms with Gasteiger partial charge >= 0.3 is 5.97 Å². The molecule has 2 aliphatic rings. The van der Waals surface area contributed by atoms with Gasteiger partial charge in [-0.1, -0.05) is 37.6 Å². The fourth-order valence-electron chi connectivity index (χ4n) is 3.88. The van der Waals surface area contributed by atoms with Gasteiger partial charge in [0.25, 0.3) is 0 Å². The van der Waals surface area contributed by atoms with Crippen LogP contribution in [0.2, 0.25) is 0 Å². The Hall–Kier alpha value is -1.83. The van der Waals surface area contributed by atoms with Crippen LogP contribution in [0.4, 0.5) is 0 Å². The van der Waals surface area contributed by atoms with E-state index in [1.165, 1.54) is 53.2 Å². The van der Waals surface area contributed by atoms with Gasteiger partial charge < -0.3 is 5.11 Å². The van der Waals surface area contributed by atoms with Gasteiger partial charge in [-0.2, -0.15) is 0 Å². The van der Waals surface area contributed by atoms with Gasteiger partial charge in [-0.15, -0.1) is 0 Å². The third-order valence-electron chi connectivity index (χ3n) is 5.22. The normalized spacial score (nSPS) is 25.2. The number of aliphatic carboxylic acids is 1. The summed E-state index contributed by atoms with van der Waals surface area (Å²) in [4.78, 5) is 10.7. The van der Waals surface area contributed by atoms with Gasteiger partial charge in [0.05, 0.1) is 0 Å². The highest BCUT2D eigenvalue weighted by Crippen LogP contribution is 2.42. The molecule has 0 unspecified atom stereocenters. The van der Waals surface area contributed by atoms with Crippen molar-refractivity contribution in [3.05, 3.63) is 57.7 Å². The van der Waals surface area contributed by atoms with E-state index in [4.69, 9.17) is 5.11 Å². The predicted molar refractivity (Wildman–Crippen MR) is 101 cm³/mol. The van der Waals surface area contributed by atoms with Crippen molar-refractivity contribution in [3.8, 4) is 0 Å². The summed E-state index contributed by atoms with van der Waals surface area (Å²) in [6.07, 6.45) is 13.7. The van der Waals surface area contributed by atoms with Gasteiger partial charge in [0, 0.05) is 6.08 Å². The SMILES string of the molecule is CC(=CC(=O)O)C=C1C=C(C)C(=CC2=C(C)CCCC2(C)C)CC1. The molecule has 0 radical (unpaired) electrons. The van der Waals surface area contributed by atoms with E-state index in [0.717, 1.165) is 18.4 Å². The third-order valence-corrected chi connectivity index (χ3v) is 5.22. The van der Waals surface area contributed by atoms with Crippen molar-refractivity contribution >= 4 is 5.97 Å². The van der Waals surface area contributed by atoms with Gasteiger partial charge in [0.2, 0.25) is 0 Å². The molecule has 0 atom stereocenters. The molecule has 2 aliphatic carbocycles. The van der Waals surface area contributed by atoms with Crippen LogP contribution in [0.25, 0.3) is 0 Å². The Balaban J connectivity index is 2.29. The molecule has 0 amide bonds. The number of rotatable bonds is 3. The Bertz CT molecular complexity index is 679. The first-order valence-corrected chi connectivity index (χ1v) is 8.90. The topological polar surface area (TPSA) is 37.3 Å². The fraction of sp³-hybridized carbons (Fsp3) is 0.500. The highest BCUT2D eigenvalue weighted by atomic mass is 16.4. The van der Waals surface area contributed by atoms with E-state index >= 15 is 0 Å². The Morgan fingerprint density at radius 1 is 1.21 bits per heavy atom. The third kappa shape index (κ3) is 4.59. The molecule has 0 saturated heterocycles. The second kappa shape index (κ2) is 7.38. The van der Waals surface area contributed by atoms with Crippen LogP contribution in [0.15, 0.2) is 57.7 Å². The predicted octanol–water partition coefficient (Wildman–Crippen LogP) is 6.14. The number of carboxylic acids is 1. The zero-order valence-corrected chi connectivity index (χ0v) is 15.7. The van der Waals surface area contributed by atoms with Crippen LogP contribution >= 0.6 is 0 Å². The first-order valence-electron chi connectivity index (χ1n) is 8.90. The lowest BCUT2D eigenvalue weighted by molar-refractivity contribution is -0.131. The summed E-state index contributed by atoms with van der Waals surface area (Å²) < 4.78 is 0. The van der Waals surface area contributed by atoms with E-state index in [1.807, 2.05) is 13.0 Å². The average Bonchev–Trinajstić information content (AvgIpc) is 2.43. The number of carboxylic acid groups (broad SMARTS) is 1. The Kier molecular flexibility index (Phi) is 5.69. The van der Waals surface area contributed by atoms with E-state index in [9.17, 15) is 4.79 Å². The summed E-state index contributed by atoms with van der Waals surface area (Å²) in [5.41, 5.74) is 8.06. The van der Waals surface area contributed by atoms with Crippen molar-refractivity contribution < 1.29 is 9.90 Å². The molecule has 0 aromatic heterocycles. The monoisotopic (exact) mass is 326 g/mol. The van der Waals surface area contributed by atoms with Crippen LogP contribution in [0.3, 0.4) is 0 Å². The largest absolute Gasteiger partial charge is 0.478 e. The Morgan fingerprint density at radius 3 is 2.50 bits per heavy atom. The number of hydrogen-bond acceptors (Lipinski definition) is 1. The molecule has 130 valence electrons. The van der Waals surface area contributed by atoms with E-state index < -0.39 is 5.97 Å². The average molecular weight is 326 g/mol. The summed E-state index contributed by atoms with van der Waals surface area (Å²) in [6.45, 7) is 11.0. The summed E-state index contributed by atoms with van der Waals surface area (Å²) in [5.74, 6) is -0.886. The zero-order valence-electron chi connectivity index (χ0n) is 15.7. The maximum Gasteiger partial charge on any atom is 0.328 e. The molecule has 0 bridgehead atoms. The van der Waals surface area contributed by atoms with Gasteiger partial charge in [-0.05, 0) is 86.2 Å². The minimum absolute atomic E-state index is 0.270. The van der Waals surface area contributed by atoms with Crippen LogP contribution < -0.4 is 0 Å². The van der Waals surface area contributed by atoms with E-state index in [1.54, 1.807) is 0 Å². The fourth-order valence-corrected chi connectivity index (χ4v) is 3.88. The molecular weight excluding hydrogens is 296 g/mol. The lowest BCUT2D eigenvalue weighted by Gasteiger charge is -2.34. The minimum atomic E-state index is -0.886. The lowest BCUT2D eigenvalue weighted by atomic mass is 9.71. The molecule has 2 nitrogen and oxygen atoms in total. The summed E-state index contributed by atoms with van der Waals surface area (Å²) in [5, 5.41) is 8.83. The lowest BCUT2D eigenvalue weighted by Crippen LogP contribution is -2.19. The van der Waals surface area contributed by atoms with Crippen LogP contribution in [0.1, 0.15) is 66.7 Å². The van der Waals surface area contributed by atoms with Gasteiger partial charge in [-0.25, -0.2) is 4.79 Å². The van der Waals surface area contributed by atoms with Gasteiger partial charge in [-0.3, -0.25) is 0 Å². The molecule has 0 saturated carbocycles. The zero-order chi connectivity index (χ0) is 17.9. The molecule has 1 N–H and O–H groups in total. The second-order valence-corrected chi connectivity index (χ2v) is 7.87. The van der Waals surface area contributed by atoms with Crippen molar-refractivity contribution in [3.63, 3.8) is 0 Å². The van der Waals surface area contributed by atoms with Crippen molar-refractivity contribution in [2.24, 2.45) is 5.41 Å². The van der Waals surface area contributed by atoms with Crippen LogP contribution in [0.5, 0.6) is 0 Å².